The summed E-state index contributed by atoms with van der Waals surface area (Å²) in [6, 6.07) is 0. The Hall–Kier alpha value is -3.05. The summed E-state index contributed by atoms with van der Waals surface area (Å²) in [6.45, 7) is 9.09. The summed E-state index contributed by atoms with van der Waals surface area (Å²) >= 11 is 1.40. The van der Waals surface area contributed by atoms with E-state index in [1.807, 2.05) is 20.9 Å². The monoisotopic (exact) mass is 457 g/mol. The highest BCUT2D eigenvalue weighted by molar-refractivity contribution is 7.16. The van der Waals surface area contributed by atoms with Crippen LogP contribution in [0.2, 0.25) is 0 Å². The fourth-order valence-corrected chi connectivity index (χ4v) is 4.92. The molecule has 0 unspecified atom stereocenters. The third kappa shape index (κ3) is 4.30. The fourth-order valence-electron chi connectivity index (χ4n) is 3.85. The summed E-state index contributed by atoms with van der Waals surface area (Å²) in [7, 11) is 1.86. The van der Waals surface area contributed by atoms with Crippen LogP contribution in [-0.2, 0) is 16.6 Å². The lowest BCUT2D eigenvalue weighted by Gasteiger charge is -2.35. The minimum absolute atomic E-state index is 0.137. The normalized spacial score (nSPS) is 14.7. The number of piperazine rings is 1. The third-order valence-corrected chi connectivity index (χ3v) is 6.79. The fraction of sp³-hybridized carbons (Fsp3) is 0.476. The van der Waals surface area contributed by atoms with Crippen molar-refractivity contribution in [3.63, 3.8) is 0 Å². The molecule has 0 saturated carbocycles. The highest BCUT2D eigenvalue weighted by atomic mass is 32.1. The van der Waals surface area contributed by atoms with Gasteiger partial charge in [0.2, 0.25) is 5.91 Å². The number of esters is 1. The van der Waals surface area contributed by atoms with E-state index in [9.17, 15) is 9.59 Å². The topological polar surface area (TPSA) is 105 Å². The van der Waals surface area contributed by atoms with E-state index in [1.54, 1.807) is 24.1 Å². The van der Waals surface area contributed by atoms with Crippen molar-refractivity contribution in [2.24, 2.45) is 7.05 Å². The molecule has 1 amide bonds. The molecule has 0 radical (unpaired) electrons. The number of ether oxygens (including phenoxy) is 1. The summed E-state index contributed by atoms with van der Waals surface area (Å²) in [5, 5.41) is 8.68. The molecule has 0 spiro atoms. The van der Waals surface area contributed by atoms with Crippen LogP contribution in [0.25, 0.3) is 11.0 Å². The van der Waals surface area contributed by atoms with Gasteiger partial charge >= 0.3 is 5.97 Å². The largest absolute Gasteiger partial charge is 0.462 e. The zero-order valence-electron chi connectivity index (χ0n) is 18.7. The number of nitrogens with zero attached hydrogens (tertiary/aromatic N) is 6. The lowest BCUT2D eigenvalue weighted by Crippen LogP contribution is -2.49. The van der Waals surface area contributed by atoms with Gasteiger partial charge in [0.25, 0.3) is 0 Å². The number of carbonyl (C=O) groups excluding carboxylic acids is 2. The lowest BCUT2D eigenvalue weighted by molar-refractivity contribution is -0.117. The van der Waals surface area contributed by atoms with Gasteiger partial charge in [0.05, 0.1) is 30.3 Å². The van der Waals surface area contributed by atoms with Crippen molar-refractivity contribution < 1.29 is 14.3 Å². The van der Waals surface area contributed by atoms with Crippen LogP contribution in [0, 0.1) is 13.8 Å². The Kier molecular flexibility index (Phi) is 6.38. The number of hydrogen-bond acceptors (Lipinski definition) is 9. The highest BCUT2D eigenvalue weighted by Crippen LogP contribution is 2.33. The van der Waals surface area contributed by atoms with Gasteiger partial charge in [0.1, 0.15) is 17.1 Å². The molecule has 11 heteroatoms. The van der Waals surface area contributed by atoms with Crippen molar-refractivity contribution in [2.45, 2.75) is 20.8 Å². The SMILES string of the molecule is CCOC(=O)c1c(NC(=O)CN2CCN(c3ncnc4c3cnn4C)CC2)sc(C)c1C. The van der Waals surface area contributed by atoms with E-state index in [-0.39, 0.29) is 12.5 Å². The van der Waals surface area contributed by atoms with Crippen LogP contribution >= 0.6 is 11.3 Å². The molecule has 4 rings (SSSR count). The number of nitrogens with one attached hydrogen (secondary N) is 1. The second-order valence-electron chi connectivity index (χ2n) is 7.72. The number of fused-ring (bicyclic) bond motifs is 1. The summed E-state index contributed by atoms with van der Waals surface area (Å²) in [5.74, 6) is 0.336. The summed E-state index contributed by atoms with van der Waals surface area (Å²) in [4.78, 5) is 39.1. The van der Waals surface area contributed by atoms with Crippen molar-refractivity contribution in [3.8, 4) is 0 Å². The molecule has 0 aliphatic carbocycles. The maximum absolute atomic E-state index is 12.7. The zero-order chi connectivity index (χ0) is 22.8. The molecular weight excluding hydrogens is 430 g/mol. The number of aryl methyl sites for hydroxylation is 2. The van der Waals surface area contributed by atoms with E-state index in [0.717, 1.165) is 53.5 Å². The number of aromatic nitrogens is 4. The first-order valence-corrected chi connectivity index (χ1v) is 11.4. The number of amides is 1. The molecule has 1 saturated heterocycles. The van der Waals surface area contributed by atoms with E-state index >= 15 is 0 Å². The van der Waals surface area contributed by atoms with Crippen LogP contribution in [0.1, 0.15) is 27.7 Å². The van der Waals surface area contributed by atoms with Gasteiger partial charge in [-0.25, -0.2) is 14.8 Å². The van der Waals surface area contributed by atoms with Crippen molar-refractivity contribution >= 4 is 45.1 Å². The second-order valence-corrected chi connectivity index (χ2v) is 8.95. The number of carbonyl (C=O) groups is 2. The van der Waals surface area contributed by atoms with Crippen LogP contribution in [0.15, 0.2) is 12.5 Å². The Bertz CT molecular complexity index is 1150. The van der Waals surface area contributed by atoms with Crippen molar-refractivity contribution in [1.82, 2.24) is 24.6 Å². The molecule has 1 N–H and O–H groups in total. The maximum atomic E-state index is 12.7. The molecule has 10 nitrogen and oxygen atoms in total. The van der Waals surface area contributed by atoms with Gasteiger partial charge in [-0.2, -0.15) is 5.10 Å². The Morgan fingerprint density at radius 3 is 2.66 bits per heavy atom. The molecule has 3 aromatic rings. The van der Waals surface area contributed by atoms with E-state index in [0.29, 0.717) is 17.2 Å². The Balaban J connectivity index is 1.37. The minimum Gasteiger partial charge on any atom is -0.462 e. The second kappa shape index (κ2) is 9.21. The summed E-state index contributed by atoms with van der Waals surface area (Å²) in [5.41, 5.74) is 2.11. The van der Waals surface area contributed by atoms with Gasteiger partial charge in [0, 0.05) is 38.1 Å². The number of anilines is 2. The average Bonchev–Trinajstić information content (AvgIpc) is 3.28. The molecule has 32 heavy (non-hydrogen) atoms. The number of hydrogen-bond donors (Lipinski definition) is 1. The van der Waals surface area contributed by atoms with E-state index in [4.69, 9.17) is 4.74 Å². The molecule has 0 atom stereocenters. The quantitative estimate of drug-likeness (QED) is 0.560. The Morgan fingerprint density at radius 2 is 1.94 bits per heavy atom. The predicted octanol–water partition coefficient (Wildman–Crippen LogP) is 1.98. The molecule has 4 heterocycles. The van der Waals surface area contributed by atoms with Gasteiger partial charge in [-0.05, 0) is 26.3 Å². The van der Waals surface area contributed by atoms with Crippen molar-refractivity contribution in [3.05, 3.63) is 28.5 Å². The zero-order valence-corrected chi connectivity index (χ0v) is 19.5. The average molecular weight is 458 g/mol. The van der Waals surface area contributed by atoms with Gasteiger partial charge < -0.3 is 15.0 Å². The third-order valence-electron chi connectivity index (χ3n) is 5.67. The van der Waals surface area contributed by atoms with Gasteiger partial charge in [-0.3, -0.25) is 14.4 Å². The molecule has 170 valence electrons. The van der Waals surface area contributed by atoms with Crippen LogP contribution in [0.4, 0.5) is 10.8 Å². The highest BCUT2D eigenvalue weighted by Gasteiger charge is 2.25. The smallest absolute Gasteiger partial charge is 0.341 e. The van der Waals surface area contributed by atoms with Crippen molar-refractivity contribution in [2.75, 3.05) is 49.5 Å². The van der Waals surface area contributed by atoms with Crippen LogP contribution in [-0.4, -0.2) is 75.9 Å². The standard InChI is InChI=1S/C21H27N7O3S/c1-5-31-21(30)17-13(2)14(3)32-20(17)25-16(29)11-27-6-8-28(9-7-27)19-15-10-24-26(4)18(15)22-12-23-19/h10,12H,5-9,11H2,1-4H3,(H,25,29). The Morgan fingerprint density at radius 1 is 1.19 bits per heavy atom. The molecule has 0 bridgehead atoms. The van der Waals surface area contributed by atoms with Crippen LogP contribution in [0.5, 0.6) is 0 Å². The number of rotatable bonds is 6. The molecule has 0 aromatic carbocycles. The first kappa shape index (κ1) is 22.2. The van der Waals surface area contributed by atoms with E-state index in [2.05, 4.69) is 30.2 Å². The molecule has 3 aromatic heterocycles. The van der Waals surface area contributed by atoms with Crippen molar-refractivity contribution in [1.29, 1.82) is 0 Å². The lowest BCUT2D eigenvalue weighted by atomic mass is 10.1. The maximum Gasteiger partial charge on any atom is 0.341 e. The van der Waals surface area contributed by atoms with Crippen LogP contribution in [0.3, 0.4) is 0 Å². The van der Waals surface area contributed by atoms with Gasteiger partial charge in [0.15, 0.2) is 5.65 Å². The molecule has 1 aliphatic rings. The molecular formula is C21H27N7O3S. The summed E-state index contributed by atoms with van der Waals surface area (Å²) in [6.07, 6.45) is 3.35. The molecule has 1 fully saturated rings. The van der Waals surface area contributed by atoms with Crippen LogP contribution < -0.4 is 10.2 Å². The minimum atomic E-state index is -0.398. The molecule has 1 aliphatic heterocycles. The number of thiophene rings is 1. The Labute approximate surface area is 190 Å². The van der Waals surface area contributed by atoms with E-state index < -0.39 is 5.97 Å². The first-order chi connectivity index (χ1) is 15.4. The van der Waals surface area contributed by atoms with E-state index in [1.165, 1.54) is 11.3 Å². The van der Waals surface area contributed by atoms with Gasteiger partial charge in [-0.15, -0.1) is 11.3 Å². The predicted molar refractivity (Wildman–Crippen MR) is 123 cm³/mol. The first-order valence-electron chi connectivity index (χ1n) is 10.6. The summed E-state index contributed by atoms with van der Waals surface area (Å²) < 4.78 is 6.90. The van der Waals surface area contributed by atoms with Gasteiger partial charge in [-0.1, -0.05) is 0 Å².